The van der Waals surface area contributed by atoms with E-state index in [0.29, 0.717) is 23.5 Å². The maximum atomic E-state index is 13.5. The molecule has 2 N–H and O–H groups in total. The van der Waals surface area contributed by atoms with Crippen molar-refractivity contribution >= 4 is 17.2 Å². The molecule has 3 nitrogen and oxygen atoms in total. The minimum absolute atomic E-state index is 0.142. The van der Waals surface area contributed by atoms with Gasteiger partial charge >= 0.3 is 0 Å². The van der Waals surface area contributed by atoms with Crippen LogP contribution in [0.4, 0.5) is 4.39 Å². The van der Waals surface area contributed by atoms with Gasteiger partial charge in [-0.1, -0.05) is 12.2 Å². The first-order valence-electron chi connectivity index (χ1n) is 5.35. The van der Waals surface area contributed by atoms with E-state index in [2.05, 4.69) is 0 Å². The molecule has 0 bridgehead atoms. The number of halogens is 1. The Kier molecular flexibility index (Phi) is 4.07. The molecule has 0 fully saturated rings. The highest BCUT2D eigenvalue weighted by molar-refractivity contribution is 7.80. The zero-order valence-electron chi connectivity index (χ0n) is 9.56. The fourth-order valence-corrected chi connectivity index (χ4v) is 1.62. The third-order valence-electron chi connectivity index (χ3n) is 2.41. The first-order valence-corrected chi connectivity index (χ1v) is 5.76. The molecule has 0 saturated carbocycles. The molecule has 0 aliphatic heterocycles. The van der Waals surface area contributed by atoms with E-state index < -0.39 is 0 Å². The Labute approximate surface area is 109 Å². The first kappa shape index (κ1) is 12.7. The van der Waals surface area contributed by atoms with Crippen LogP contribution in [0.3, 0.4) is 0 Å². The summed E-state index contributed by atoms with van der Waals surface area (Å²) in [4.78, 5) is 0.238. The lowest BCUT2D eigenvalue weighted by atomic mass is 10.1. The highest BCUT2D eigenvalue weighted by atomic mass is 32.1. The van der Waals surface area contributed by atoms with Crippen molar-refractivity contribution in [2.24, 2.45) is 5.73 Å². The molecular weight excluding hydrogens is 253 g/mol. The highest BCUT2D eigenvalue weighted by Crippen LogP contribution is 2.13. The van der Waals surface area contributed by atoms with Crippen LogP contribution in [-0.4, -0.2) is 4.99 Å². The Balaban J connectivity index is 2.00. The molecule has 1 aromatic heterocycles. The van der Waals surface area contributed by atoms with Gasteiger partial charge < -0.3 is 14.9 Å². The van der Waals surface area contributed by atoms with E-state index in [1.807, 2.05) is 0 Å². The van der Waals surface area contributed by atoms with E-state index in [0.717, 1.165) is 0 Å². The van der Waals surface area contributed by atoms with Gasteiger partial charge in [-0.15, -0.1) is 0 Å². The van der Waals surface area contributed by atoms with Crippen LogP contribution in [0.15, 0.2) is 41.0 Å². The molecular formula is C13H12FNO2S. The molecule has 0 saturated heterocycles. The molecule has 94 valence electrons. The zero-order valence-corrected chi connectivity index (χ0v) is 10.4. The van der Waals surface area contributed by atoms with Gasteiger partial charge in [-0.25, -0.2) is 4.39 Å². The van der Waals surface area contributed by atoms with Gasteiger partial charge in [0.05, 0.1) is 12.9 Å². The van der Waals surface area contributed by atoms with Crippen molar-refractivity contribution in [1.29, 1.82) is 0 Å². The highest BCUT2D eigenvalue weighted by Gasteiger charge is 2.06. The summed E-state index contributed by atoms with van der Waals surface area (Å²) in [5.41, 5.74) is 6.54. The van der Waals surface area contributed by atoms with Gasteiger partial charge in [0.25, 0.3) is 0 Å². The Morgan fingerprint density at radius 3 is 2.83 bits per heavy atom. The summed E-state index contributed by atoms with van der Waals surface area (Å²) in [6.45, 7) is 0.437. The van der Waals surface area contributed by atoms with E-state index in [4.69, 9.17) is 27.1 Å². The number of hydrogen-bond donors (Lipinski definition) is 1. The monoisotopic (exact) mass is 265 g/mol. The molecule has 1 heterocycles. The Hall–Kier alpha value is -1.72. The van der Waals surface area contributed by atoms with Crippen LogP contribution in [0.5, 0.6) is 0 Å². The van der Waals surface area contributed by atoms with Crippen molar-refractivity contribution in [3.05, 3.63) is 59.3 Å². The lowest BCUT2D eigenvalue weighted by Gasteiger charge is -2.06. The van der Waals surface area contributed by atoms with Crippen LogP contribution in [0.1, 0.15) is 16.9 Å². The van der Waals surface area contributed by atoms with Crippen molar-refractivity contribution in [1.82, 2.24) is 0 Å². The van der Waals surface area contributed by atoms with Gasteiger partial charge in [0, 0.05) is 11.1 Å². The summed E-state index contributed by atoms with van der Waals surface area (Å²) in [6, 6.07) is 8.04. The van der Waals surface area contributed by atoms with Gasteiger partial charge in [-0.2, -0.15) is 0 Å². The number of nitrogens with two attached hydrogens (primary N) is 1. The predicted molar refractivity (Wildman–Crippen MR) is 69.5 cm³/mol. The fraction of sp³-hybridized carbons (Fsp3) is 0.154. The predicted octanol–water partition coefficient (Wildman–Crippen LogP) is 2.77. The van der Waals surface area contributed by atoms with Crippen molar-refractivity contribution in [2.45, 2.75) is 13.2 Å². The van der Waals surface area contributed by atoms with Crippen LogP contribution in [-0.2, 0) is 18.0 Å². The van der Waals surface area contributed by atoms with E-state index in [-0.39, 0.29) is 17.4 Å². The second-order valence-electron chi connectivity index (χ2n) is 3.74. The SMILES string of the molecule is NC(=S)c1ccc(F)c(COCc2ccco2)c1. The van der Waals surface area contributed by atoms with E-state index in [9.17, 15) is 4.39 Å². The lowest BCUT2D eigenvalue weighted by molar-refractivity contribution is 0.0909. The van der Waals surface area contributed by atoms with Crippen molar-refractivity contribution in [3.8, 4) is 0 Å². The number of thiocarbonyl (C=S) groups is 1. The normalized spacial score (nSPS) is 10.5. The van der Waals surface area contributed by atoms with E-state index >= 15 is 0 Å². The molecule has 0 spiro atoms. The van der Waals surface area contributed by atoms with Crippen LogP contribution in [0.25, 0.3) is 0 Å². The molecule has 1 aromatic carbocycles. The second-order valence-corrected chi connectivity index (χ2v) is 4.18. The van der Waals surface area contributed by atoms with E-state index in [1.54, 1.807) is 30.5 Å². The van der Waals surface area contributed by atoms with Gasteiger partial charge in [0.15, 0.2) is 0 Å². The number of rotatable bonds is 5. The van der Waals surface area contributed by atoms with Gasteiger partial charge in [0.2, 0.25) is 0 Å². The van der Waals surface area contributed by atoms with Crippen molar-refractivity contribution in [3.63, 3.8) is 0 Å². The standard InChI is InChI=1S/C13H12FNO2S/c14-12-4-3-9(13(15)18)6-10(12)7-16-8-11-2-1-5-17-11/h1-6H,7-8H2,(H2,15,18). The lowest BCUT2D eigenvalue weighted by Crippen LogP contribution is -2.10. The van der Waals surface area contributed by atoms with Crippen molar-refractivity contribution in [2.75, 3.05) is 0 Å². The number of ether oxygens (including phenoxy) is 1. The minimum Gasteiger partial charge on any atom is -0.467 e. The minimum atomic E-state index is -0.338. The quantitative estimate of drug-likeness (QED) is 0.844. The Bertz CT molecular complexity index is 540. The summed E-state index contributed by atoms with van der Waals surface area (Å²) in [5.74, 6) is 0.357. The summed E-state index contributed by atoms with van der Waals surface area (Å²) < 4.78 is 24.0. The van der Waals surface area contributed by atoms with Gasteiger partial charge in [0.1, 0.15) is 23.2 Å². The molecule has 0 atom stereocenters. The Morgan fingerprint density at radius 1 is 1.33 bits per heavy atom. The summed E-state index contributed by atoms with van der Waals surface area (Å²) in [7, 11) is 0. The third kappa shape index (κ3) is 3.15. The number of furan rings is 1. The number of benzene rings is 1. The maximum Gasteiger partial charge on any atom is 0.129 e. The molecule has 2 aromatic rings. The molecule has 0 radical (unpaired) electrons. The maximum absolute atomic E-state index is 13.5. The Morgan fingerprint density at radius 2 is 2.17 bits per heavy atom. The largest absolute Gasteiger partial charge is 0.467 e. The molecule has 0 unspecified atom stereocenters. The fourth-order valence-electron chi connectivity index (χ4n) is 1.49. The van der Waals surface area contributed by atoms with E-state index in [1.165, 1.54) is 6.07 Å². The molecule has 18 heavy (non-hydrogen) atoms. The van der Waals surface area contributed by atoms with Crippen LogP contribution in [0, 0.1) is 5.82 Å². The number of hydrogen-bond acceptors (Lipinski definition) is 3. The average Bonchev–Trinajstić information content (AvgIpc) is 2.84. The van der Waals surface area contributed by atoms with Gasteiger partial charge in [-0.3, -0.25) is 0 Å². The van der Waals surface area contributed by atoms with Gasteiger partial charge in [-0.05, 0) is 30.3 Å². The topological polar surface area (TPSA) is 48.4 Å². The van der Waals surface area contributed by atoms with Crippen LogP contribution >= 0.6 is 12.2 Å². The molecule has 0 amide bonds. The zero-order chi connectivity index (χ0) is 13.0. The summed E-state index contributed by atoms with van der Waals surface area (Å²) in [5, 5.41) is 0. The molecule has 5 heteroatoms. The van der Waals surface area contributed by atoms with Crippen molar-refractivity contribution < 1.29 is 13.5 Å². The summed E-state index contributed by atoms with van der Waals surface area (Å²) >= 11 is 4.84. The average molecular weight is 265 g/mol. The van der Waals surface area contributed by atoms with Crippen LogP contribution in [0.2, 0.25) is 0 Å². The molecule has 2 rings (SSSR count). The summed E-state index contributed by atoms with van der Waals surface area (Å²) in [6.07, 6.45) is 1.56. The molecule has 0 aliphatic carbocycles. The smallest absolute Gasteiger partial charge is 0.129 e. The molecule has 0 aliphatic rings. The van der Waals surface area contributed by atoms with Crippen LogP contribution < -0.4 is 5.73 Å². The first-order chi connectivity index (χ1) is 8.66. The second kappa shape index (κ2) is 5.75. The third-order valence-corrected chi connectivity index (χ3v) is 2.65.